The van der Waals surface area contributed by atoms with Gasteiger partial charge in [0, 0.05) is 35.5 Å². The van der Waals surface area contributed by atoms with E-state index in [1.54, 1.807) is 72.8 Å². The maximum atomic E-state index is 13.2. The quantitative estimate of drug-likeness (QED) is 0.163. The summed E-state index contributed by atoms with van der Waals surface area (Å²) in [4.78, 5) is 24.8. The molecule has 0 radical (unpaired) electrons. The summed E-state index contributed by atoms with van der Waals surface area (Å²) in [5.41, 5.74) is 8.12. The molecule has 0 unspecified atom stereocenters. The lowest BCUT2D eigenvalue weighted by Crippen LogP contribution is -2.14. The summed E-state index contributed by atoms with van der Waals surface area (Å²) >= 11 is 0. The fraction of sp³-hybridized carbons (Fsp3) is 0.0357. The molecule has 10 nitrogen and oxygen atoms in total. The Balaban J connectivity index is 1.62. The number of nitrogen functional groups attached to an aromatic ring is 1. The summed E-state index contributed by atoms with van der Waals surface area (Å²) in [5.74, 6) is -0.408. The van der Waals surface area contributed by atoms with Crippen LogP contribution in [0.3, 0.4) is 0 Å². The zero-order valence-corrected chi connectivity index (χ0v) is 21.6. The van der Waals surface area contributed by atoms with Crippen LogP contribution in [0.1, 0.15) is 22.8 Å². The molecule has 0 aliphatic heterocycles. The van der Waals surface area contributed by atoms with Gasteiger partial charge < -0.3 is 21.1 Å². The van der Waals surface area contributed by atoms with Gasteiger partial charge in [0.05, 0.1) is 10.5 Å². The average Bonchev–Trinajstić information content (AvgIpc) is 2.88. The van der Waals surface area contributed by atoms with Gasteiger partial charge >= 0.3 is 0 Å². The van der Waals surface area contributed by atoms with Crippen molar-refractivity contribution in [1.82, 2.24) is 0 Å². The Bertz CT molecular complexity index is 1690. The molecule has 0 spiro atoms. The van der Waals surface area contributed by atoms with Crippen LogP contribution in [-0.2, 0) is 14.8 Å². The number of carbonyl (C=O) groups is 2. The fourth-order valence-corrected chi connectivity index (χ4v) is 4.57. The minimum absolute atomic E-state index is 0.00308. The number of hydrogen-bond donors (Lipinski definition) is 5. The van der Waals surface area contributed by atoms with Crippen LogP contribution in [0.25, 0.3) is 11.1 Å². The van der Waals surface area contributed by atoms with Crippen LogP contribution in [0.4, 0.5) is 11.4 Å². The van der Waals surface area contributed by atoms with Gasteiger partial charge in [-0.1, -0.05) is 42.5 Å². The van der Waals surface area contributed by atoms with Crippen molar-refractivity contribution in [3.8, 4) is 22.6 Å². The third kappa shape index (κ3) is 6.66. The van der Waals surface area contributed by atoms with Gasteiger partial charge in [0.2, 0.25) is 15.9 Å². The third-order valence-corrected chi connectivity index (χ3v) is 6.54. The number of sulfonamides is 1. The van der Waals surface area contributed by atoms with Gasteiger partial charge in [0.1, 0.15) is 17.3 Å². The lowest BCUT2D eigenvalue weighted by molar-refractivity contribution is -0.114. The number of primary sulfonamides is 1. The normalized spacial score (nSPS) is 10.9. The molecule has 0 saturated carbocycles. The monoisotopic (exact) mass is 543 g/mol. The van der Waals surface area contributed by atoms with Crippen LogP contribution in [0.15, 0.2) is 95.9 Å². The van der Waals surface area contributed by atoms with E-state index < -0.39 is 15.9 Å². The van der Waals surface area contributed by atoms with E-state index in [0.717, 1.165) is 0 Å². The van der Waals surface area contributed by atoms with Crippen LogP contribution in [-0.4, -0.2) is 26.1 Å². The SMILES string of the molecule is CC(=O)Nc1ccc(C(=O)Nc2ccc(-c3ccccc3S(N)(=O)=O)cc2)c(Oc2cccc(C(=N)N)c2)c1. The third-order valence-electron chi connectivity index (χ3n) is 5.57. The van der Waals surface area contributed by atoms with Crippen molar-refractivity contribution in [2.75, 3.05) is 10.6 Å². The lowest BCUT2D eigenvalue weighted by Gasteiger charge is -2.14. The van der Waals surface area contributed by atoms with Gasteiger partial charge in [-0.15, -0.1) is 0 Å². The van der Waals surface area contributed by atoms with Crippen molar-refractivity contribution in [3.63, 3.8) is 0 Å². The summed E-state index contributed by atoms with van der Waals surface area (Å²) in [6.45, 7) is 1.36. The second-order valence-corrected chi connectivity index (χ2v) is 10.0. The van der Waals surface area contributed by atoms with E-state index >= 15 is 0 Å². The Morgan fingerprint density at radius 3 is 2.21 bits per heavy atom. The lowest BCUT2D eigenvalue weighted by atomic mass is 10.1. The molecule has 0 aromatic heterocycles. The number of rotatable bonds is 8. The van der Waals surface area contributed by atoms with Gasteiger partial charge in [0.25, 0.3) is 5.91 Å². The predicted molar refractivity (Wildman–Crippen MR) is 149 cm³/mol. The van der Waals surface area contributed by atoms with Gasteiger partial charge in [-0.05, 0) is 48.0 Å². The number of amidine groups is 1. The largest absolute Gasteiger partial charge is 0.456 e. The number of nitrogens with two attached hydrogens (primary N) is 2. The molecule has 0 aliphatic carbocycles. The van der Waals surface area contributed by atoms with Gasteiger partial charge in [-0.25, -0.2) is 13.6 Å². The standard InChI is InChI=1S/C28H25N5O5S/c1-17(34)32-21-13-14-24(25(16-21)38-22-6-4-5-19(15-22)27(29)30)28(35)33-20-11-9-18(10-12-20)23-7-2-3-8-26(23)39(31,36)37/h2-16H,1H3,(H3,29,30)(H,32,34)(H,33,35)(H2,31,36,37). The Morgan fingerprint density at radius 1 is 0.846 bits per heavy atom. The molecule has 0 heterocycles. The summed E-state index contributed by atoms with van der Waals surface area (Å²) in [5, 5.41) is 18.4. The number of ether oxygens (including phenoxy) is 1. The van der Waals surface area contributed by atoms with E-state index in [9.17, 15) is 18.0 Å². The first-order chi connectivity index (χ1) is 18.5. The molecule has 7 N–H and O–H groups in total. The number of benzene rings is 4. The second-order valence-electron chi connectivity index (χ2n) is 8.51. The highest BCUT2D eigenvalue weighted by atomic mass is 32.2. The molecule has 198 valence electrons. The van der Waals surface area contributed by atoms with Crippen molar-refractivity contribution in [1.29, 1.82) is 5.41 Å². The Kier molecular flexibility index (Phi) is 7.75. The molecular weight excluding hydrogens is 518 g/mol. The van der Waals surface area contributed by atoms with Crippen molar-refractivity contribution in [2.24, 2.45) is 10.9 Å². The summed E-state index contributed by atoms with van der Waals surface area (Å²) in [7, 11) is -3.92. The molecule has 11 heteroatoms. The fourth-order valence-electron chi connectivity index (χ4n) is 3.81. The molecule has 0 saturated heterocycles. The molecule has 4 aromatic carbocycles. The zero-order valence-electron chi connectivity index (χ0n) is 20.8. The number of carbonyl (C=O) groups excluding carboxylic acids is 2. The predicted octanol–water partition coefficient (Wildman–Crippen LogP) is 4.29. The van der Waals surface area contributed by atoms with Crippen molar-refractivity contribution < 1.29 is 22.7 Å². The molecule has 0 aliphatic rings. The minimum Gasteiger partial charge on any atom is -0.456 e. The molecule has 0 bridgehead atoms. The van der Waals surface area contributed by atoms with E-state index in [-0.39, 0.29) is 28.0 Å². The number of anilines is 2. The van der Waals surface area contributed by atoms with E-state index in [0.29, 0.717) is 33.8 Å². The van der Waals surface area contributed by atoms with Crippen molar-refractivity contribution in [2.45, 2.75) is 11.8 Å². The highest BCUT2D eigenvalue weighted by Gasteiger charge is 2.17. The zero-order chi connectivity index (χ0) is 28.2. The van der Waals surface area contributed by atoms with E-state index in [1.807, 2.05) is 0 Å². The average molecular weight is 544 g/mol. The highest BCUT2D eigenvalue weighted by Crippen LogP contribution is 2.31. The van der Waals surface area contributed by atoms with Crippen LogP contribution in [0.2, 0.25) is 0 Å². The Hall–Kier alpha value is -5.00. The molecule has 39 heavy (non-hydrogen) atoms. The molecule has 2 amide bonds. The first kappa shape index (κ1) is 27.0. The van der Waals surface area contributed by atoms with Crippen molar-refractivity contribution >= 4 is 39.0 Å². The summed E-state index contributed by atoms with van der Waals surface area (Å²) in [6.07, 6.45) is 0. The molecule has 0 fully saturated rings. The van der Waals surface area contributed by atoms with E-state index in [4.69, 9.17) is 21.0 Å². The molecule has 4 aromatic rings. The molecular formula is C28H25N5O5S. The Morgan fingerprint density at radius 2 is 1.54 bits per heavy atom. The second kappa shape index (κ2) is 11.2. The van der Waals surface area contributed by atoms with Gasteiger partial charge in [-0.2, -0.15) is 0 Å². The summed E-state index contributed by atoms with van der Waals surface area (Å²) < 4.78 is 29.9. The molecule has 0 atom stereocenters. The first-order valence-electron chi connectivity index (χ1n) is 11.6. The van der Waals surface area contributed by atoms with E-state index in [1.165, 1.54) is 25.1 Å². The maximum Gasteiger partial charge on any atom is 0.259 e. The summed E-state index contributed by atoms with van der Waals surface area (Å²) in [6, 6.07) is 24.1. The topological polar surface area (TPSA) is 177 Å². The highest BCUT2D eigenvalue weighted by molar-refractivity contribution is 7.89. The number of hydrogen-bond acceptors (Lipinski definition) is 6. The first-order valence-corrected chi connectivity index (χ1v) is 13.1. The smallest absolute Gasteiger partial charge is 0.259 e. The van der Waals surface area contributed by atoms with Crippen LogP contribution >= 0.6 is 0 Å². The molecule has 4 rings (SSSR count). The van der Waals surface area contributed by atoms with Crippen LogP contribution in [0.5, 0.6) is 11.5 Å². The van der Waals surface area contributed by atoms with E-state index in [2.05, 4.69) is 10.6 Å². The van der Waals surface area contributed by atoms with Gasteiger partial charge in [0.15, 0.2) is 0 Å². The maximum absolute atomic E-state index is 13.2. The van der Waals surface area contributed by atoms with Crippen LogP contribution in [0, 0.1) is 5.41 Å². The van der Waals surface area contributed by atoms with Gasteiger partial charge in [-0.3, -0.25) is 15.0 Å². The number of nitrogens with one attached hydrogen (secondary N) is 3. The van der Waals surface area contributed by atoms with Crippen LogP contribution < -0.4 is 26.2 Å². The minimum atomic E-state index is -3.92. The Labute approximate surface area is 225 Å². The van der Waals surface area contributed by atoms with Crippen molar-refractivity contribution in [3.05, 3.63) is 102 Å². The number of amides is 2.